The van der Waals surface area contributed by atoms with Crippen molar-refractivity contribution < 1.29 is 19.4 Å². The lowest BCUT2D eigenvalue weighted by molar-refractivity contribution is -0.151. The van der Waals surface area contributed by atoms with Crippen LogP contribution >= 0.6 is 0 Å². The molecule has 35 heavy (non-hydrogen) atoms. The highest BCUT2D eigenvalue weighted by Gasteiger charge is 2.34. The number of pyridine rings is 2. The summed E-state index contributed by atoms with van der Waals surface area (Å²) in [6.45, 7) is 11.4. The van der Waals surface area contributed by atoms with E-state index >= 15 is 0 Å². The number of unbranched alkanes of at least 4 members (excludes halogenated alkanes) is 1. The second kappa shape index (κ2) is 10.9. The Hall–Kier alpha value is -2.67. The molecule has 1 N–H and O–H groups in total. The first-order valence-electron chi connectivity index (χ1n) is 13.0. The van der Waals surface area contributed by atoms with E-state index in [1.165, 1.54) is 12.8 Å². The Bertz CT molecular complexity index is 1010. The lowest BCUT2D eigenvalue weighted by atomic mass is 9.82. The van der Waals surface area contributed by atoms with Gasteiger partial charge in [-0.1, -0.05) is 27.2 Å². The van der Waals surface area contributed by atoms with Gasteiger partial charge >= 0.3 is 5.97 Å². The minimum atomic E-state index is -1.07. The van der Waals surface area contributed by atoms with E-state index < -0.39 is 12.1 Å². The number of anilines is 1. The van der Waals surface area contributed by atoms with Crippen molar-refractivity contribution in [2.45, 2.75) is 72.3 Å². The van der Waals surface area contributed by atoms with Crippen molar-refractivity contribution in [3.8, 4) is 17.0 Å². The van der Waals surface area contributed by atoms with Gasteiger partial charge in [-0.05, 0) is 62.5 Å². The predicted octanol–water partition coefficient (Wildman–Crippen LogP) is 5.81. The number of piperidine rings is 1. The van der Waals surface area contributed by atoms with Gasteiger partial charge in [-0.15, -0.1) is 0 Å². The Morgan fingerprint density at radius 1 is 1.20 bits per heavy atom. The summed E-state index contributed by atoms with van der Waals surface area (Å²) in [5, 5.41) is 10.2. The third-order valence-electron chi connectivity index (χ3n) is 7.18. The largest absolute Gasteiger partial charge is 0.492 e. The molecule has 0 amide bonds. The van der Waals surface area contributed by atoms with E-state index in [4.69, 9.17) is 14.5 Å². The van der Waals surface area contributed by atoms with Gasteiger partial charge in [-0.25, -0.2) is 4.79 Å². The van der Waals surface area contributed by atoms with Crippen LogP contribution in [0.1, 0.15) is 76.7 Å². The molecule has 7 heteroatoms. The molecule has 2 fully saturated rings. The van der Waals surface area contributed by atoms with Crippen LogP contribution in [0.4, 0.5) is 5.69 Å². The first kappa shape index (κ1) is 25.4. The second-order valence-corrected chi connectivity index (χ2v) is 10.7. The molecular formula is C28H39N3O4. The van der Waals surface area contributed by atoms with Gasteiger partial charge < -0.3 is 19.5 Å². The highest BCUT2D eigenvalue weighted by molar-refractivity contribution is 5.85. The van der Waals surface area contributed by atoms with Crippen LogP contribution in [0.2, 0.25) is 0 Å². The average Bonchev–Trinajstić information content (AvgIpc) is 3.66. The fourth-order valence-electron chi connectivity index (χ4n) is 4.53. The van der Waals surface area contributed by atoms with Crippen molar-refractivity contribution in [2.24, 2.45) is 11.3 Å². The lowest BCUT2D eigenvalue weighted by Gasteiger charge is -2.40. The molecule has 1 aliphatic heterocycles. The van der Waals surface area contributed by atoms with Gasteiger partial charge in [0.25, 0.3) is 0 Å². The molecule has 1 atom stereocenters. The van der Waals surface area contributed by atoms with Crippen LogP contribution in [0, 0.1) is 18.3 Å². The minimum Gasteiger partial charge on any atom is -0.492 e. The number of carboxylic acids is 1. The summed E-state index contributed by atoms with van der Waals surface area (Å²) in [6, 6.07) is 3.89. The number of hydrogen-bond donors (Lipinski definition) is 1. The molecule has 190 valence electrons. The number of aliphatic carboxylic acids is 1. The van der Waals surface area contributed by atoms with E-state index in [0.717, 1.165) is 68.1 Å². The van der Waals surface area contributed by atoms with Gasteiger partial charge in [0.05, 0.1) is 24.2 Å². The number of carboxylic acid groups (broad SMARTS) is 1. The first-order valence-corrected chi connectivity index (χ1v) is 13.0. The monoisotopic (exact) mass is 481 g/mol. The van der Waals surface area contributed by atoms with Crippen molar-refractivity contribution >= 4 is 11.7 Å². The molecule has 1 saturated carbocycles. The fraction of sp³-hybridized carbons (Fsp3) is 0.607. The van der Waals surface area contributed by atoms with Crippen molar-refractivity contribution in [1.29, 1.82) is 0 Å². The summed E-state index contributed by atoms with van der Waals surface area (Å²) in [5.41, 5.74) is 4.07. The van der Waals surface area contributed by atoms with E-state index in [2.05, 4.69) is 30.7 Å². The van der Waals surface area contributed by atoms with Gasteiger partial charge in [0.2, 0.25) is 0 Å². The Kier molecular flexibility index (Phi) is 7.95. The van der Waals surface area contributed by atoms with Crippen LogP contribution in [0.25, 0.3) is 11.3 Å². The van der Waals surface area contributed by atoms with Gasteiger partial charge in [0, 0.05) is 42.7 Å². The van der Waals surface area contributed by atoms with Crippen LogP contribution in [0.3, 0.4) is 0 Å². The average molecular weight is 482 g/mol. The maximum absolute atomic E-state index is 12.4. The van der Waals surface area contributed by atoms with Crippen LogP contribution in [-0.4, -0.2) is 47.3 Å². The Labute approximate surface area is 208 Å². The summed E-state index contributed by atoms with van der Waals surface area (Å²) >= 11 is 0. The highest BCUT2D eigenvalue weighted by atomic mass is 16.5. The molecule has 0 bridgehead atoms. The number of aryl methyl sites for hydroxylation is 1. The topological polar surface area (TPSA) is 84.8 Å². The predicted molar refractivity (Wildman–Crippen MR) is 137 cm³/mol. The first-order chi connectivity index (χ1) is 16.8. The third-order valence-corrected chi connectivity index (χ3v) is 7.18. The van der Waals surface area contributed by atoms with E-state index in [1.807, 2.05) is 25.3 Å². The molecule has 4 rings (SSSR count). The summed E-state index contributed by atoms with van der Waals surface area (Å²) in [4.78, 5) is 24.0. The number of carbonyl (C=O) groups is 1. The molecule has 0 unspecified atom stereocenters. The number of hydrogen-bond acceptors (Lipinski definition) is 6. The molecule has 2 aromatic heterocycles. The number of aromatic nitrogens is 2. The van der Waals surface area contributed by atoms with E-state index in [-0.39, 0.29) is 5.41 Å². The molecule has 3 heterocycles. The lowest BCUT2D eigenvalue weighted by Crippen LogP contribution is -2.39. The molecule has 2 aliphatic rings. The zero-order valence-electron chi connectivity index (χ0n) is 21.5. The summed E-state index contributed by atoms with van der Waals surface area (Å²) in [5.74, 6) is 0.446. The fourth-order valence-corrected chi connectivity index (χ4v) is 4.53. The summed E-state index contributed by atoms with van der Waals surface area (Å²) in [7, 11) is 0. The van der Waals surface area contributed by atoms with Crippen molar-refractivity contribution in [2.75, 3.05) is 31.2 Å². The third kappa shape index (κ3) is 6.31. The van der Waals surface area contributed by atoms with Crippen LogP contribution in [0.15, 0.2) is 24.5 Å². The minimum absolute atomic E-state index is 0.265. The molecule has 1 aliphatic carbocycles. The Morgan fingerprint density at radius 3 is 2.54 bits per heavy atom. The Morgan fingerprint density at radius 2 is 1.94 bits per heavy atom. The molecular weight excluding hydrogens is 442 g/mol. The van der Waals surface area contributed by atoms with E-state index in [0.29, 0.717) is 23.8 Å². The van der Waals surface area contributed by atoms with Crippen LogP contribution < -0.4 is 9.64 Å². The molecule has 0 spiro atoms. The van der Waals surface area contributed by atoms with Gasteiger partial charge in [0.1, 0.15) is 5.75 Å². The molecule has 0 aromatic carbocycles. The summed E-state index contributed by atoms with van der Waals surface area (Å²) < 4.78 is 11.8. The highest BCUT2D eigenvalue weighted by Crippen LogP contribution is 2.42. The molecule has 1 saturated heterocycles. The van der Waals surface area contributed by atoms with Gasteiger partial charge in [-0.2, -0.15) is 0 Å². The maximum atomic E-state index is 12.4. The smallest absolute Gasteiger partial charge is 0.337 e. The van der Waals surface area contributed by atoms with E-state index in [9.17, 15) is 9.90 Å². The van der Waals surface area contributed by atoms with Gasteiger partial charge in [-0.3, -0.25) is 9.97 Å². The van der Waals surface area contributed by atoms with Crippen molar-refractivity contribution in [1.82, 2.24) is 9.97 Å². The summed E-state index contributed by atoms with van der Waals surface area (Å²) in [6.07, 6.45) is 8.81. The number of rotatable bonds is 11. The molecule has 0 radical (unpaired) electrons. The molecule has 7 nitrogen and oxygen atoms in total. The van der Waals surface area contributed by atoms with E-state index in [1.54, 1.807) is 6.20 Å². The quantitative estimate of drug-likeness (QED) is 0.405. The maximum Gasteiger partial charge on any atom is 0.337 e. The number of nitrogens with zero attached hydrogens (tertiary/aromatic N) is 3. The Balaban J connectivity index is 1.73. The standard InChI is InChI=1S/C28H39N3O4/c1-5-6-15-34-26(27(32)33)24-19(2)29-17-22(25(24)31-13-11-28(3,4)12-14-31)23-10-9-21(16-30-23)35-18-20-7-8-20/h9-10,16-17,20,26H,5-8,11-15,18H2,1-4H3,(H,32,33)/t26-/m0/s1. The SMILES string of the molecule is CCCCO[C@H](C(=O)O)c1c(C)ncc(-c2ccc(OCC3CC3)cn2)c1N1CCC(C)(C)CC1. The van der Waals surface area contributed by atoms with Gasteiger partial charge in [0.15, 0.2) is 6.10 Å². The van der Waals surface area contributed by atoms with Crippen molar-refractivity contribution in [3.63, 3.8) is 0 Å². The zero-order chi connectivity index (χ0) is 25.0. The normalized spacial score (nSPS) is 18.3. The second-order valence-electron chi connectivity index (χ2n) is 10.7. The van der Waals surface area contributed by atoms with Crippen molar-refractivity contribution in [3.05, 3.63) is 35.8 Å². The van der Waals surface area contributed by atoms with Crippen LogP contribution in [0.5, 0.6) is 5.75 Å². The molecule has 2 aromatic rings. The zero-order valence-corrected chi connectivity index (χ0v) is 21.5. The number of ether oxygens (including phenoxy) is 2. The van der Waals surface area contributed by atoms with Crippen LogP contribution in [-0.2, 0) is 9.53 Å².